The van der Waals surface area contributed by atoms with Crippen molar-refractivity contribution in [1.29, 1.82) is 0 Å². The van der Waals surface area contributed by atoms with Crippen LogP contribution in [-0.2, 0) is 12.8 Å². The number of nitrogens with one attached hydrogen (secondary N) is 1. The van der Waals surface area contributed by atoms with E-state index in [2.05, 4.69) is 23.5 Å². The van der Waals surface area contributed by atoms with Gasteiger partial charge >= 0.3 is 0 Å². The summed E-state index contributed by atoms with van der Waals surface area (Å²) in [6.45, 7) is 3.24. The van der Waals surface area contributed by atoms with Crippen LogP contribution >= 0.6 is 0 Å². The van der Waals surface area contributed by atoms with Gasteiger partial charge in [-0.3, -0.25) is 0 Å². The average Bonchev–Trinajstić information content (AvgIpc) is 2.87. The van der Waals surface area contributed by atoms with Crippen molar-refractivity contribution in [2.24, 2.45) is 5.92 Å². The molecule has 1 fully saturated rings. The standard InChI is InChI=1S/C16H23NO/c1-4-14-6-7-16(11-15(14)5-1)18-10-8-13-3-2-9-17-12-13/h6-7,11,13,17H,1-5,8-10,12H2. The van der Waals surface area contributed by atoms with Crippen LogP contribution in [0.15, 0.2) is 18.2 Å². The van der Waals surface area contributed by atoms with Gasteiger partial charge in [0.05, 0.1) is 6.61 Å². The van der Waals surface area contributed by atoms with Gasteiger partial charge in [-0.25, -0.2) is 0 Å². The summed E-state index contributed by atoms with van der Waals surface area (Å²) in [5.41, 5.74) is 3.03. The van der Waals surface area contributed by atoms with Crippen LogP contribution in [0.4, 0.5) is 0 Å². The normalized spacial score (nSPS) is 22.8. The molecule has 0 spiro atoms. The van der Waals surface area contributed by atoms with Crippen molar-refractivity contribution < 1.29 is 4.74 Å². The van der Waals surface area contributed by atoms with Crippen molar-refractivity contribution in [2.75, 3.05) is 19.7 Å². The Hall–Kier alpha value is -1.02. The summed E-state index contributed by atoms with van der Waals surface area (Å²) in [7, 11) is 0. The van der Waals surface area contributed by atoms with Gasteiger partial charge in [0.2, 0.25) is 0 Å². The van der Waals surface area contributed by atoms with E-state index in [1.807, 2.05) is 0 Å². The van der Waals surface area contributed by atoms with Crippen LogP contribution in [0.25, 0.3) is 0 Å². The third-order valence-corrected chi connectivity index (χ3v) is 4.26. The number of rotatable bonds is 4. The summed E-state index contributed by atoms with van der Waals surface area (Å²) in [4.78, 5) is 0. The molecule has 2 aliphatic rings. The minimum atomic E-state index is 0.813. The molecule has 0 aromatic heterocycles. The molecule has 1 aromatic rings. The van der Waals surface area contributed by atoms with Crippen molar-refractivity contribution in [3.05, 3.63) is 29.3 Å². The van der Waals surface area contributed by atoms with E-state index in [0.717, 1.165) is 18.3 Å². The molecule has 0 bridgehead atoms. The molecule has 1 unspecified atom stereocenters. The van der Waals surface area contributed by atoms with E-state index in [1.54, 1.807) is 0 Å². The molecule has 3 rings (SSSR count). The van der Waals surface area contributed by atoms with Crippen LogP contribution in [0.3, 0.4) is 0 Å². The Balaban J connectivity index is 1.48. The van der Waals surface area contributed by atoms with Gasteiger partial charge in [-0.1, -0.05) is 6.07 Å². The highest BCUT2D eigenvalue weighted by Gasteiger charge is 2.14. The molecule has 98 valence electrons. The molecule has 1 saturated heterocycles. The van der Waals surface area contributed by atoms with Crippen LogP contribution in [-0.4, -0.2) is 19.7 Å². The van der Waals surface area contributed by atoms with Gasteiger partial charge in [-0.15, -0.1) is 0 Å². The van der Waals surface area contributed by atoms with E-state index in [0.29, 0.717) is 0 Å². The van der Waals surface area contributed by atoms with Crippen LogP contribution < -0.4 is 10.1 Å². The molecule has 0 saturated carbocycles. The molecule has 1 aliphatic carbocycles. The summed E-state index contributed by atoms with van der Waals surface area (Å²) in [6, 6.07) is 6.64. The van der Waals surface area contributed by atoms with Crippen molar-refractivity contribution in [3.63, 3.8) is 0 Å². The highest BCUT2D eigenvalue weighted by Crippen LogP contribution is 2.26. The molecule has 1 aliphatic heterocycles. The number of ether oxygens (including phenoxy) is 1. The fraction of sp³-hybridized carbons (Fsp3) is 0.625. The third-order valence-electron chi connectivity index (χ3n) is 4.26. The molecule has 1 aromatic carbocycles. The maximum atomic E-state index is 5.91. The van der Waals surface area contributed by atoms with Gasteiger partial charge in [0.15, 0.2) is 0 Å². The van der Waals surface area contributed by atoms with Crippen LogP contribution in [0, 0.1) is 5.92 Å². The molecular weight excluding hydrogens is 222 g/mol. The zero-order chi connectivity index (χ0) is 12.2. The lowest BCUT2D eigenvalue weighted by Gasteiger charge is -2.22. The predicted molar refractivity (Wildman–Crippen MR) is 74.2 cm³/mol. The topological polar surface area (TPSA) is 21.3 Å². The molecule has 2 heteroatoms. The van der Waals surface area contributed by atoms with E-state index in [1.165, 1.54) is 62.7 Å². The van der Waals surface area contributed by atoms with Crippen molar-refractivity contribution in [3.8, 4) is 5.75 Å². The van der Waals surface area contributed by atoms with E-state index in [-0.39, 0.29) is 0 Å². The van der Waals surface area contributed by atoms with Crippen LogP contribution in [0.1, 0.15) is 36.8 Å². The molecular formula is C16H23NO. The second kappa shape index (κ2) is 5.75. The van der Waals surface area contributed by atoms with E-state index in [4.69, 9.17) is 4.74 Å². The van der Waals surface area contributed by atoms with Gasteiger partial charge < -0.3 is 10.1 Å². The van der Waals surface area contributed by atoms with Crippen LogP contribution in [0.5, 0.6) is 5.75 Å². The van der Waals surface area contributed by atoms with Gasteiger partial charge in [-0.05, 0) is 80.8 Å². The smallest absolute Gasteiger partial charge is 0.119 e. The first-order valence-corrected chi connectivity index (χ1v) is 7.37. The Labute approximate surface area is 110 Å². The number of hydrogen-bond donors (Lipinski definition) is 1. The predicted octanol–water partition coefficient (Wildman–Crippen LogP) is 2.94. The second-order valence-corrected chi connectivity index (χ2v) is 5.63. The molecule has 0 amide bonds. The Morgan fingerprint density at radius 3 is 3.00 bits per heavy atom. The highest BCUT2D eigenvalue weighted by molar-refractivity contribution is 5.38. The maximum Gasteiger partial charge on any atom is 0.119 e. The van der Waals surface area contributed by atoms with Gasteiger partial charge in [-0.2, -0.15) is 0 Å². The number of aryl methyl sites for hydroxylation is 2. The first-order valence-electron chi connectivity index (χ1n) is 7.37. The molecule has 0 radical (unpaired) electrons. The van der Waals surface area contributed by atoms with Crippen molar-refractivity contribution in [2.45, 2.75) is 38.5 Å². The fourth-order valence-electron chi connectivity index (χ4n) is 3.15. The molecule has 2 nitrogen and oxygen atoms in total. The number of fused-ring (bicyclic) bond motifs is 1. The SMILES string of the molecule is c1cc2c(cc1OCCC1CCCNC1)CCC2. The third kappa shape index (κ3) is 2.86. The Morgan fingerprint density at radius 1 is 1.17 bits per heavy atom. The number of hydrogen-bond acceptors (Lipinski definition) is 2. The summed E-state index contributed by atoms with van der Waals surface area (Å²) < 4.78 is 5.91. The lowest BCUT2D eigenvalue weighted by molar-refractivity contribution is 0.254. The number of benzene rings is 1. The molecule has 1 atom stereocenters. The van der Waals surface area contributed by atoms with Gasteiger partial charge in [0.25, 0.3) is 0 Å². The minimum absolute atomic E-state index is 0.813. The molecule has 1 heterocycles. The number of piperidine rings is 1. The van der Waals surface area contributed by atoms with Crippen molar-refractivity contribution in [1.82, 2.24) is 5.32 Å². The molecule has 18 heavy (non-hydrogen) atoms. The lowest BCUT2D eigenvalue weighted by atomic mass is 9.97. The monoisotopic (exact) mass is 245 g/mol. The Bertz CT molecular complexity index is 396. The first kappa shape index (κ1) is 12.0. The Kier molecular flexibility index (Phi) is 3.84. The quantitative estimate of drug-likeness (QED) is 0.880. The van der Waals surface area contributed by atoms with E-state index in [9.17, 15) is 0 Å². The second-order valence-electron chi connectivity index (χ2n) is 5.63. The van der Waals surface area contributed by atoms with E-state index >= 15 is 0 Å². The van der Waals surface area contributed by atoms with E-state index < -0.39 is 0 Å². The summed E-state index contributed by atoms with van der Waals surface area (Å²) in [5, 5.41) is 3.46. The fourth-order valence-corrected chi connectivity index (χ4v) is 3.15. The summed E-state index contributed by atoms with van der Waals surface area (Å²) in [5.74, 6) is 1.88. The summed E-state index contributed by atoms with van der Waals surface area (Å²) in [6.07, 6.45) is 7.67. The molecule has 1 N–H and O–H groups in total. The van der Waals surface area contributed by atoms with Crippen molar-refractivity contribution >= 4 is 0 Å². The Morgan fingerprint density at radius 2 is 2.11 bits per heavy atom. The zero-order valence-electron chi connectivity index (χ0n) is 11.1. The van der Waals surface area contributed by atoms with Gasteiger partial charge in [0, 0.05) is 0 Å². The van der Waals surface area contributed by atoms with Gasteiger partial charge in [0.1, 0.15) is 5.75 Å². The highest BCUT2D eigenvalue weighted by atomic mass is 16.5. The summed E-state index contributed by atoms with van der Waals surface area (Å²) >= 11 is 0. The zero-order valence-corrected chi connectivity index (χ0v) is 11.1. The average molecular weight is 245 g/mol. The largest absolute Gasteiger partial charge is 0.494 e. The first-order chi connectivity index (χ1) is 8.92. The minimum Gasteiger partial charge on any atom is -0.494 e. The lowest BCUT2D eigenvalue weighted by Crippen LogP contribution is -2.30. The van der Waals surface area contributed by atoms with Crippen LogP contribution in [0.2, 0.25) is 0 Å². The maximum absolute atomic E-state index is 5.91.